The minimum absolute atomic E-state index is 0.0103. The van der Waals surface area contributed by atoms with E-state index in [0.29, 0.717) is 55.5 Å². The predicted octanol–water partition coefficient (Wildman–Crippen LogP) is 5.38. The van der Waals surface area contributed by atoms with Crippen LogP contribution in [0.4, 0.5) is 0 Å². The summed E-state index contributed by atoms with van der Waals surface area (Å²) in [5.74, 6) is -2.99. The minimum atomic E-state index is -3.98. The van der Waals surface area contributed by atoms with E-state index in [4.69, 9.17) is 14.2 Å². The molecule has 3 heterocycles. The standard InChI is InChI=1S/C42H58N4O10S/c1-8-26-18-25(3)12-10-11-13-27-22-42(27,39(51)45-57(52,53)41(7)16-17-41)23-34(47)33-20-29(24-46(33)38(50)30(26)21-35(48)56-40(4,5)6)55-37-36(49)43-31-15-14-28(54-9-2)19-32(31)44-37/h11,13-15,19,25-27,29-30,33H,8-10,12,16-18,20-24H2,1-7H3,(H,43,49)(H,45,51)/b13-11-/t25-,26-,27-,29-,30+,33+,42-/m1/s1. The Morgan fingerprint density at radius 2 is 1.84 bits per heavy atom. The molecule has 6 rings (SSSR count). The van der Waals surface area contributed by atoms with Crippen molar-refractivity contribution in [2.45, 2.75) is 135 Å². The maximum absolute atomic E-state index is 15.0. The van der Waals surface area contributed by atoms with Crippen LogP contribution in [-0.2, 0) is 33.9 Å². The van der Waals surface area contributed by atoms with Crippen LogP contribution in [0.1, 0.15) is 113 Å². The monoisotopic (exact) mass is 810 g/mol. The van der Waals surface area contributed by atoms with E-state index in [0.717, 1.165) is 6.42 Å². The first kappa shape index (κ1) is 42.3. The number of sulfonamides is 1. The average Bonchev–Trinajstić information content (AvgIpc) is 4.01. The van der Waals surface area contributed by atoms with E-state index in [1.54, 1.807) is 45.9 Å². The molecular formula is C42H58N4O10S. The van der Waals surface area contributed by atoms with E-state index in [2.05, 4.69) is 21.6 Å². The largest absolute Gasteiger partial charge is 0.494 e. The van der Waals surface area contributed by atoms with Gasteiger partial charge in [-0.15, -0.1) is 0 Å². The van der Waals surface area contributed by atoms with Crippen molar-refractivity contribution in [3.63, 3.8) is 0 Å². The fourth-order valence-corrected chi connectivity index (χ4v) is 9.78. The molecule has 0 spiro atoms. The number of fused-ring (bicyclic) bond motifs is 3. The second-order valence-electron chi connectivity index (χ2n) is 17.9. The lowest BCUT2D eigenvalue weighted by Gasteiger charge is -2.33. The molecule has 14 nitrogen and oxygen atoms in total. The molecule has 2 aromatic rings. The van der Waals surface area contributed by atoms with Gasteiger partial charge in [0.25, 0.3) is 5.88 Å². The fourth-order valence-electron chi connectivity index (χ4n) is 8.44. The number of ether oxygens (including phenoxy) is 3. The third-order valence-electron chi connectivity index (χ3n) is 12.2. The van der Waals surface area contributed by atoms with Crippen LogP contribution in [0, 0.1) is 29.1 Å². The van der Waals surface area contributed by atoms with Crippen molar-refractivity contribution >= 4 is 44.6 Å². The zero-order chi connectivity index (χ0) is 41.5. The van der Waals surface area contributed by atoms with Crippen LogP contribution in [0.15, 0.2) is 35.1 Å². The molecule has 2 N–H and O–H groups in total. The van der Waals surface area contributed by atoms with Crippen LogP contribution in [0.5, 0.6) is 11.6 Å². The second kappa shape index (κ2) is 16.2. The topological polar surface area (TPSA) is 191 Å². The van der Waals surface area contributed by atoms with Crippen molar-refractivity contribution in [1.29, 1.82) is 0 Å². The molecule has 15 heteroatoms. The maximum atomic E-state index is 15.0. The lowest BCUT2D eigenvalue weighted by molar-refractivity contribution is -0.160. The van der Waals surface area contributed by atoms with E-state index in [1.807, 2.05) is 26.0 Å². The average molecular weight is 811 g/mol. The molecule has 2 saturated carbocycles. The molecule has 7 atom stereocenters. The van der Waals surface area contributed by atoms with Crippen molar-refractivity contribution in [2.24, 2.45) is 29.1 Å². The van der Waals surface area contributed by atoms with Crippen LogP contribution >= 0.6 is 0 Å². The number of benzene rings is 1. The first-order valence-electron chi connectivity index (χ1n) is 20.4. The van der Waals surface area contributed by atoms with Crippen LogP contribution < -0.4 is 19.8 Å². The highest BCUT2D eigenvalue weighted by Crippen LogP contribution is 2.57. The number of esters is 1. The predicted molar refractivity (Wildman–Crippen MR) is 213 cm³/mol. The van der Waals surface area contributed by atoms with Gasteiger partial charge in [-0.1, -0.05) is 32.4 Å². The summed E-state index contributed by atoms with van der Waals surface area (Å²) in [4.78, 5) is 79.0. The third-order valence-corrected chi connectivity index (χ3v) is 14.3. The number of allylic oxidation sites excluding steroid dienone is 2. The van der Waals surface area contributed by atoms with E-state index in [9.17, 15) is 32.4 Å². The fraction of sp³-hybridized carbons (Fsp3) is 0.667. The van der Waals surface area contributed by atoms with E-state index >= 15 is 0 Å². The Balaban J connectivity index is 1.36. The quantitative estimate of drug-likeness (QED) is 0.231. The van der Waals surface area contributed by atoms with Gasteiger partial charge in [-0.05, 0) is 103 Å². The summed E-state index contributed by atoms with van der Waals surface area (Å²) in [6, 6.07) is 3.99. The molecule has 312 valence electrons. The lowest BCUT2D eigenvalue weighted by Crippen LogP contribution is -2.48. The number of aromatic amines is 1. The third kappa shape index (κ3) is 9.39. The first-order chi connectivity index (χ1) is 26.8. The lowest BCUT2D eigenvalue weighted by atomic mass is 9.79. The molecule has 57 heavy (non-hydrogen) atoms. The number of nitrogens with zero attached hydrogens (tertiary/aromatic N) is 2. The molecule has 2 amide bonds. The number of Topliss-reactive ketones (excluding diaryl/α,β-unsaturated/α-hetero) is 1. The molecular weight excluding hydrogens is 753 g/mol. The number of aromatic nitrogens is 2. The Morgan fingerprint density at radius 3 is 2.51 bits per heavy atom. The molecule has 1 saturated heterocycles. The van der Waals surface area contributed by atoms with E-state index in [1.165, 1.54) is 4.90 Å². The van der Waals surface area contributed by atoms with Crippen LogP contribution in [-0.4, -0.2) is 82.5 Å². The zero-order valence-electron chi connectivity index (χ0n) is 34.2. The number of hydrogen-bond acceptors (Lipinski definition) is 11. The molecule has 3 fully saturated rings. The number of nitrogens with one attached hydrogen (secondary N) is 2. The summed E-state index contributed by atoms with van der Waals surface area (Å²) in [7, 11) is -3.98. The van der Waals surface area contributed by atoms with Crippen molar-refractivity contribution in [3.8, 4) is 11.6 Å². The van der Waals surface area contributed by atoms with Gasteiger partial charge < -0.3 is 24.1 Å². The highest BCUT2D eigenvalue weighted by Gasteiger charge is 2.62. The molecule has 2 aliphatic carbocycles. The van der Waals surface area contributed by atoms with Crippen molar-refractivity contribution in [3.05, 3.63) is 40.7 Å². The zero-order valence-corrected chi connectivity index (χ0v) is 35.0. The van der Waals surface area contributed by atoms with Gasteiger partial charge in [0.2, 0.25) is 21.8 Å². The molecule has 1 aromatic heterocycles. The van der Waals surface area contributed by atoms with Gasteiger partial charge in [-0.2, -0.15) is 0 Å². The highest BCUT2D eigenvalue weighted by atomic mass is 32.2. The smallest absolute Gasteiger partial charge is 0.311 e. The summed E-state index contributed by atoms with van der Waals surface area (Å²) in [6.07, 6.45) is 6.47. The van der Waals surface area contributed by atoms with Gasteiger partial charge in [0, 0.05) is 18.9 Å². The Bertz CT molecular complexity index is 2090. The van der Waals surface area contributed by atoms with Gasteiger partial charge in [-0.3, -0.25) is 28.7 Å². The minimum Gasteiger partial charge on any atom is -0.494 e. The van der Waals surface area contributed by atoms with Gasteiger partial charge in [-0.25, -0.2) is 13.4 Å². The molecule has 0 bridgehead atoms. The molecule has 1 aromatic carbocycles. The van der Waals surface area contributed by atoms with Crippen LogP contribution in [0.3, 0.4) is 0 Å². The van der Waals surface area contributed by atoms with E-state index < -0.39 is 73.0 Å². The van der Waals surface area contributed by atoms with Crippen molar-refractivity contribution < 1.29 is 41.8 Å². The molecule has 2 aliphatic heterocycles. The number of H-pyrrole nitrogens is 1. The number of carbonyl (C=O) groups excluding carboxylic acids is 4. The molecule has 0 unspecified atom stereocenters. The van der Waals surface area contributed by atoms with Crippen molar-refractivity contribution in [2.75, 3.05) is 13.2 Å². The highest BCUT2D eigenvalue weighted by molar-refractivity contribution is 7.91. The Hall–Kier alpha value is -4.27. The number of carbonyl (C=O) groups is 4. The van der Waals surface area contributed by atoms with Gasteiger partial charge in [0.15, 0.2) is 5.78 Å². The number of rotatable bonds is 10. The number of hydrogen-bond donors (Lipinski definition) is 2. The summed E-state index contributed by atoms with van der Waals surface area (Å²) in [6.45, 7) is 13.2. The Morgan fingerprint density at radius 1 is 1.11 bits per heavy atom. The molecule has 0 radical (unpaired) electrons. The number of amides is 2. The summed E-state index contributed by atoms with van der Waals surface area (Å²) < 4.78 is 45.3. The van der Waals surface area contributed by atoms with Gasteiger partial charge in [0.1, 0.15) is 17.5 Å². The molecule has 4 aliphatic rings. The van der Waals surface area contributed by atoms with E-state index in [-0.39, 0.29) is 55.9 Å². The van der Waals surface area contributed by atoms with Crippen molar-refractivity contribution in [1.82, 2.24) is 19.6 Å². The normalized spacial score (nSPS) is 29.6. The van der Waals surface area contributed by atoms with Gasteiger partial charge in [0.05, 0.1) is 52.7 Å². The Labute approximate surface area is 334 Å². The summed E-state index contributed by atoms with van der Waals surface area (Å²) in [5, 5.41) is 0. The first-order valence-corrected chi connectivity index (χ1v) is 21.9. The summed E-state index contributed by atoms with van der Waals surface area (Å²) >= 11 is 0. The van der Waals surface area contributed by atoms with Crippen LogP contribution in [0.2, 0.25) is 0 Å². The SMILES string of the molecule is CCOc1ccc2[nH]c(=O)c(O[C@@H]3C[C@H]4C(=O)C[C@]5(C(=O)NS(=O)(=O)C6(C)CC6)C[C@H]5/C=C\CC[C@@H](C)C[C@@H](CC)[C@H](CC(=O)OC(C)(C)C)C(=O)N4C3)nc2c1. The van der Waals surface area contributed by atoms with Gasteiger partial charge >= 0.3 is 11.5 Å². The Kier molecular flexibility index (Phi) is 12.0. The summed E-state index contributed by atoms with van der Waals surface area (Å²) in [5.41, 5.74) is -1.80. The second-order valence-corrected chi connectivity index (χ2v) is 20.1. The number of ketones is 1. The maximum Gasteiger partial charge on any atom is 0.311 e. The van der Waals surface area contributed by atoms with Crippen LogP contribution in [0.25, 0.3) is 11.0 Å².